The Balaban J connectivity index is 1.89. The highest BCUT2D eigenvalue weighted by Gasteiger charge is 2.19. The number of nitrogens with two attached hydrogens (primary N) is 1. The van der Waals surface area contributed by atoms with Crippen LogP contribution in [0.3, 0.4) is 0 Å². The van der Waals surface area contributed by atoms with Crippen molar-refractivity contribution in [2.75, 3.05) is 11.9 Å². The van der Waals surface area contributed by atoms with E-state index in [4.69, 9.17) is 5.73 Å². The Morgan fingerprint density at radius 2 is 1.81 bits per heavy atom. The third kappa shape index (κ3) is 5.71. The van der Waals surface area contributed by atoms with Crippen LogP contribution >= 0.6 is 11.3 Å². The highest BCUT2D eigenvalue weighted by molar-refractivity contribution is 7.10. The number of amides is 4. The smallest absolute Gasteiger partial charge is 0.312 e. The molecule has 0 saturated heterocycles. The first kappa shape index (κ1) is 20.2. The van der Waals surface area contributed by atoms with Gasteiger partial charge in [-0.1, -0.05) is 6.07 Å². The van der Waals surface area contributed by atoms with Crippen molar-refractivity contribution < 1.29 is 27.6 Å². The molecule has 0 saturated carbocycles. The van der Waals surface area contributed by atoms with E-state index in [0.29, 0.717) is 10.9 Å². The van der Waals surface area contributed by atoms with Gasteiger partial charge in [0.15, 0.2) is 17.5 Å². The number of primary amides is 1. The first-order valence-corrected chi connectivity index (χ1v) is 8.45. The molecule has 1 aromatic carbocycles. The van der Waals surface area contributed by atoms with Crippen LogP contribution in [0.1, 0.15) is 17.3 Å². The van der Waals surface area contributed by atoms with E-state index in [9.17, 15) is 27.6 Å². The van der Waals surface area contributed by atoms with E-state index in [1.54, 1.807) is 17.5 Å². The van der Waals surface area contributed by atoms with Gasteiger partial charge in [0.05, 0.1) is 24.7 Å². The van der Waals surface area contributed by atoms with Crippen LogP contribution in [-0.4, -0.2) is 24.4 Å². The normalized spacial score (nSPS) is 11.5. The van der Waals surface area contributed by atoms with Crippen molar-refractivity contribution >= 4 is 34.9 Å². The fourth-order valence-corrected chi connectivity index (χ4v) is 2.92. The number of halogens is 3. The summed E-state index contributed by atoms with van der Waals surface area (Å²) in [7, 11) is 0. The van der Waals surface area contributed by atoms with Crippen LogP contribution in [0, 0.1) is 17.5 Å². The van der Waals surface area contributed by atoms with E-state index < -0.39 is 53.6 Å². The van der Waals surface area contributed by atoms with Crippen LogP contribution < -0.4 is 21.7 Å². The van der Waals surface area contributed by atoms with Gasteiger partial charge in [-0.05, 0) is 23.6 Å². The number of urea groups is 1. The molecule has 0 fully saturated rings. The molecular formula is C16H15F3N4O3S. The molecule has 1 aromatic heterocycles. The number of anilines is 1. The van der Waals surface area contributed by atoms with Crippen molar-refractivity contribution in [3.05, 3.63) is 52.0 Å². The predicted octanol–water partition coefficient (Wildman–Crippen LogP) is 2.02. The number of hydrogen-bond donors (Lipinski definition) is 4. The van der Waals surface area contributed by atoms with Crippen LogP contribution in [0.2, 0.25) is 0 Å². The minimum atomic E-state index is -1.71. The van der Waals surface area contributed by atoms with E-state index in [1.807, 2.05) is 5.32 Å². The van der Waals surface area contributed by atoms with Gasteiger partial charge in [-0.15, -0.1) is 11.3 Å². The molecule has 0 bridgehead atoms. The van der Waals surface area contributed by atoms with Gasteiger partial charge < -0.3 is 21.7 Å². The number of thiophene rings is 1. The second kappa shape index (κ2) is 9.03. The van der Waals surface area contributed by atoms with Gasteiger partial charge in [0.2, 0.25) is 11.8 Å². The minimum absolute atomic E-state index is 0.184. The van der Waals surface area contributed by atoms with Crippen molar-refractivity contribution in [2.24, 2.45) is 5.73 Å². The number of nitrogens with one attached hydrogen (secondary N) is 3. The summed E-state index contributed by atoms with van der Waals surface area (Å²) in [6, 6.07) is 3.47. The van der Waals surface area contributed by atoms with E-state index in [0.717, 1.165) is 6.07 Å². The quantitative estimate of drug-likeness (QED) is 0.533. The lowest BCUT2D eigenvalue weighted by atomic mass is 10.1. The third-order valence-electron chi connectivity index (χ3n) is 3.35. The molecule has 1 heterocycles. The molecular weight excluding hydrogens is 385 g/mol. The Bertz CT molecular complexity index is 846. The first-order valence-electron chi connectivity index (χ1n) is 7.57. The van der Waals surface area contributed by atoms with Crippen LogP contribution in [-0.2, 0) is 9.59 Å². The number of benzene rings is 1. The highest BCUT2D eigenvalue weighted by Crippen LogP contribution is 2.22. The number of hydrogen-bond acceptors (Lipinski definition) is 4. The van der Waals surface area contributed by atoms with Gasteiger partial charge in [0.1, 0.15) is 0 Å². The Morgan fingerprint density at radius 1 is 1.07 bits per heavy atom. The van der Waals surface area contributed by atoms with Crippen LogP contribution in [0.4, 0.5) is 23.7 Å². The maximum Gasteiger partial charge on any atom is 0.312 e. The molecule has 4 amide bonds. The zero-order chi connectivity index (χ0) is 20.0. The molecule has 7 nitrogen and oxygen atoms in total. The maximum atomic E-state index is 13.5. The fourth-order valence-electron chi connectivity index (χ4n) is 2.14. The molecule has 2 aromatic rings. The molecule has 11 heteroatoms. The molecule has 144 valence electrons. The van der Waals surface area contributed by atoms with E-state index in [-0.39, 0.29) is 6.42 Å². The molecule has 27 heavy (non-hydrogen) atoms. The van der Waals surface area contributed by atoms with Gasteiger partial charge in [-0.2, -0.15) is 0 Å². The summed E-state index contributed by atoms with van der Waals surface area (Å²) >= 11 is 1.31. The van der Waals surface area contributed by atoms with Crippen molar-refractivity contribution in [2.45, 2.75) is 12.5 Å². The first-order chi connectivity index (χ1) is 12.8. The van der Waals surface area contributed by atoms with Crippen molar-refractivity contribution in [1.82, 2.24) is 10.6 Å². The topological polar surface area (TPSA) is 113 Å². The molecule has 1 unspecified atom stereocenters. The Hall–Kier alpha value is -3.08. The van der Waals surface area contributed by atoms with Gasteiger partial charge in [0.25, 0.3) is 0 Å². The van der Waals surface area contributed by atoms with Gasteiger partial charge in [-0.25, -0.2) is 18.0 Å². The van der Waals surface area contributed by atoms with Crippen molar-refractivity contribution in [1.29, 1.82) is 0 Å². The second-order valence-electron chi connectivity index (χ2n) is 5.33. The summed E-state index contributed by atoms with van der Waals surface area (Å²) in [5, 5.41) is 8.49. The average Bonchev–Trinajstić information content (AvgIpc) is 3.14. The predicted molar refractivity (Wildman–Crippen MR) is 92.4 cm³/mol. The number of rotatable bonds is 7. The van der Waals surface area contributed by atoms with Crippen LogP contribution in [0.15, 0.2) is 29.6 Å². The second-order valence-corrected chi connectivity index (χ2v) is 6.31. The molecule has 0 spiro atoms. The van der Waals surface area contributed by atoms with Crippen molar-refractivity contribution in [3.8, 4) is 0 Å². The lowest BCUT2D eigenvalue weighted by Crippen LogP contribution is -2.38. The largest absolute Gasteiger partial charge is 0.352 e. The molecule has 0 radical (unpaired) electrons. The summed E-state index contributed by atoms with van der Waals surface area (Å²) in [6.07, 6.45) is -0.184. The number of carbonyl (C=O) groups is 3. The molecule has 5 N–H and O–H groups in total. The van der Waals surface area contributed by atoms with Crippen LogP contribution in [0.5, 0.6) is 0 Å². The summed E-state index contributed by atoms with van der Waals surface area (Å²) in [4.78, 5) is 35.5. The summed E-state index contributed by atoms with van der Waals surface area (Å²) in [6.45, 7) is -0.537. The molecule has 2 rings (SSSR count). The maximum absolute atomic E-state index is 13.5. The fraction of sp³-hybridized carbons (Fsp3) is 0.188. The SMILES string of the molecule is NC(=O)NC(CC(=O)NCC(=O)Nc1ccc(F)c(F)c1F)c1cccs1. The van der Waals surface area contributed by atoms with E-state index in [1.165, 1.54) is 11.3 Å². The zero-order valence-corrected chi connectivity index (χ0v) is 14.5. The van der Waals surface area contributed by atoms with Gasteiger partial charge in [-0.3, -0.25) is 9.59 Å². The highest BCUT2D eigenvalue weighted by atomic mass is 32.1. The third-order valence-corrected chi connectivity index (χ3v) is 4.33. The number of carbonyl (C=O) groups excluding carboxylic acids is 3. The standard InChI is InChI=1S/C16H15F3N4O3S/c17-8-3-4-9(15(19)14(8)18)22-13(25)7-21-12(24)6-10(23-16(20)26)11-2-1-5-27-11/h1-5,10H,6-7H2,(H,21,24)(H,22,25)(H3,20,23,26). The molecule has 1 atom stereocenters. The lowest BCUT2D eigenvalue weighted by Gasteiger charge is -2.16. The Labute approximate surface area is 155 Å². The van der Waals surface area contributed by atoms with Crippen LogP contribution in [0.25, 0.3) is 0 Å². The Kier molecular flexibility index (Phi) is 6.77. The monoisotopic (exact) mass is 400 g/mol. The zero-order valence-electron chi connectivity index (χ0n) is 13.7. The summed E-state index contributed by atoms with van der Waals surface area (Å²) in [5.74, 6) is -6.07. The molecule has 0 aliphatic carbocycles. The van der Waals surface area contributed by atoms with Gasteiger partial charge >= 0.3 is 6.03 Å². The van der Waals surface area contributed by atoms with E-state index in [2.05, 4.69) is 10.6 Å². The summed E-state index contributed by atoms with van der Waals surface area (Å²) < 4.78 is 39.5. The summed E-state index contributed by atoms with van der Waals surface area (Å²) in [5.41, 5.74) is 4.53. The van der Waals surface area contributed by atoms with Crippen molar-refractivity contribution in [3.63, 3.8) is 0 Å². The molecule has 0 aliphatic heterocycles. The molecule has 0 aliphatic rings. The average molecular weight is 400 g/mol. The van der Waals surface area contributed by atoms with Gasteiger partial charge in [0, 0.05) is 4.88 Å². The lowest BCUT2D eigenvalue weighted by molar-refractivity contribution is -0.124. The van der Waals surface area contributed by atoms with E-state index >= 15 is 0 Å². The minimum Gasteiger partial charge on any atom is -0.352 e. The Morgan fingerprint density at radius 3 is 2.44 bits per heavy atom.